The summed E-state index contributed by atoms with van der Waals surface area (Å²) in [6.45, 7) is 1.17. The summed E-state index contributed by atoms with van der Waals surface area (Å²) in [5.41, 5.74) is 3.42. The second kappa shape index (κ2) is 11.3. The molecule has 7 nitrogen and oxygen atoms in total. The first-order valence-electron chi connectivity index (χ1n) is 10.1. The van der Waals surface area contributed by atoms with Gasteiger partial charge < -0.3 is 20.9 Å². The summed E-state index contributed by atoms with van der Waals surface area (Å²) in [5.74, 6) is 11.5. The molecule has 1 saturated carbocycles. The molecule has 4 rings (SSSR count). The van der Waals surface area contributed by atoms with E-state index in [2.05, 4.69) is 10.5 Å². The minimum absolute atomic E-state index is 0.0514. The van der Waals surface area contributed by atoms with Crippen LogP contribution in [-0.4, -0.2) is 35.9 Å². The fourth-order valence-electron chi connectivity index (χ4n) is 3.35. The Bertz CT molecular complexity index is 875. The number of nitrogens with zero attached hydrogens (tertiary/aromatic N) is 2. The molecule has 1 amide bonds. The third-order valence-electron chi connectivity index (χ3n) is 5.23. The van der Waals surface area contributed by atoms with Gasteiger partial charge in [0.15, 0.2) is 0 Å². The molecule has 2 aromatic rings. The highest BCUT2D eigenvalue weighted by Gasteiger charge is 2.40. The Balaban J connectivity index is 0.000000330. The van der Waals surface area contributed by atoms with Crippen molar-refractivity contribution in [2.45, 2.75) is 31.4 Å². The Kier molecular flexibility index (Phi) is 8.54. The third-order valence-corrected chi connectivity index (χ3v) is 5.73. The Hall–Kier alpha value is -2.32. The van der Waals surface area contributed by atoms with E-state index in [9.17, 15) is 4.79 Å². The molecule has 2 aliphatic rings. The largest absolute Gasteiger partial charge is 0.365 e. The smallest absolute Gasteiger partial charge is 0.252 e. The molecule has 0 spiro atoms. The fourth-order valence-corrected chi connectivity index (χ4v) is 3.62. The van der Waals surface area contributed by atoms with Crippen LogP contribution in [0.15, 0.2) is 59.7 Å². The molecule has 0 aromatic heterocycles. The molecule has 2 aromatic carbocycles. The normalized spacial score (nSPS) is 21.3. The van der Waals surface area contributed by atoms with Gasteiger partial charge in [-0.3, -0.25) is 4.79 Å². The van der Waals surface area contributed by atoms with Crippen molar-refractivity contribution in [3.63, 3.8) is 0 Å². The van der Waals surface area contributed by atoms with Crippen LogP contribution in [0.4, 0.5) is 0 Å². The quantitative estimate of drug-likeness (QED) is 0.272. The van der Waals surface area contributed by atoms with Crippen LogP contribution in [-0.2, 0) is 9.53 Å². The molecule has 2 atom stereocenters. The van der Waals surface area contributed by atoms with Crippen molar-refractivity contribution in [1.29, 1.82) is 0 Å². The van der Waals surface area contributed by atoms with Crippen LogP contribution in [0.1, 0.15) is 30.9 Å². The lowest BCUT2D eigenvalue weighted by atomic mass is 10.0. The number of nitrogens with two attached hydrogens (primary N) is 2. The second-order valence-corrected chi connectivity index (χ2v) is 8.42. The molecular weight excluding hydrogens is 437 g/mol. The number of carbonyl (C=O) groups is 1. The zero-order chi connectivity index (χ0) is 22.2. The Morgan fingerprint density at radius 3 is 2.26 bits per heavy atom. The van der Waals surface area contributed by atoms with Crippen LogP contribution in [0.2, 0.25) is 10.0 Å². The van der Waals surface area contributed by atoms with Gasteiger partial charge in [0.25, 0.3) is 5.91 Å². The maximum absolute atomic E-state index is 12.9. The first-order valence-corrected chi connectivity index (χ1v) is 10.9. The van der Waals surface area contributed by atoms with Gasteiger partial charge in [-0.2, -0.15) is 5.10 Å². The molecule has 1 aliphatic carbocycles. The van der Waals surface area contributed by atoms with E-state index >= 15 is 0 Å². The molecule has 1 saturated heterocycles. The van der Waals surface area contributed by atoms with Crippen LogP contribution in [0.25, 0.3) is 0 Å². The van der Waals surface area contributed by atoms with E-state index in [1.165, 1.54) is 12.8 Å². The van der Waals surface area contributed by atoms with Crippen LogP contribution in [0, 0.1) is 5.92 Å². The van der Waals surface area contributed by atoms with Crippen LogP contribution < -0.4 is 17.1 Å². The van der Waals surface area contributed by atoms with Gasteiger partial charge in [-0.25, -0.2) is 5.84 Å². The molecule has 31 heavy (non-hydrogen) atoms. The SMILES string of the molecule is Clc1ccccc1.N/N=C(/CC1OCC(c2ccc(Cl)cc2)N(CC2CC2)C1=O)NN. The molecule has 1 heterocycles. The number of nitrogens with one attached hydrogen (secondary N) is 1. The number of hydrazine groups is 1. The number of benzene rings is 2. The minimum atomic E-state index is -0.620. The van der Waals surface area contributed by atoms with E-state index in [1.807, 2.05) is 59.5 Å². The molecule has 166 valence electrons. The summed E-state index contributed by atoms with van der Waals surface area (Å²) in [4.78, 5) is 14.8. The second-order valence-electron chi connectivity index (χ2n) is 7.54. The predicted molar refractivity (Wildman–Crippen MR) is 123 cm³/mol. The Morgan fingerprint density at radius 1 is 1.10 bits per heavy atom. The van der Waals surface area contributed by atoms with E-state index in [1.54, 1.807) is 0 Å². The van der Waals surface area contributed by atoms with Crippen molar-refractivity contribution in [2.24, 2.45) is 22.7 Å². The van der Waals surface area contributed by atoms with Crippen molar-refractivity contribution in [3.8, 4) is 0 Å². The predicted octanol–water partition coefficient (Wildman–Crippen LogP) is 3.48. The molecule has 0 bridgehead atoms. The zero-order valence-corrected chi connectivity index (χ0v) is 18.6. The Labute approximate surface area is 192 Å². The molecule has 5 N–H and O–H groups in total. The van der Waals surface area contributed by atoms with Crippen molar-refractivity contribution >= 4 is 34.9 Å². The summed E-state index contributed by atoms with van der Waals surface area (Å²) in [5, 5.41) is 5.00. The fraction of sp³-hybridized carbons (Fsp3) is 0.364. The van der Waals surface area contributed by atoms with Gasteiger partial charge in [0.05, 0.1) is 12.6 Å². The van der Waals surface area contributed by atoms with Crippen molar-refractivity contribution in [1.82, 2.24) is 10.3 Å². The molecule has 1 aliphatic heterocycles. The average molecular weight is 464 g/mol. The summed E-state index contributed by atoms with van der Waals surface area (Å²) in [7, 11) is 0. The third kappa shape index (κ3) is 6.83. The number of hydrogen-bond donors (Lipinski definition) is 3. The first-order chi connectivity index (χ1) is 15.0. The van der Waals surface area contributed by atoms with E-state index < -0.39 is 6.10 Å². The number of amidine groups is 1. The van der Waals surface area contributed by atoms with Gasteiger partial charge in [0.1, 0.15) is 11.9 Å². The van der Waals surface area contributed by atoms with Gasteiger partial charge in [-0.1, -0.05) is 53.5 Å². The number of amides is 1. The number of halogens is 2. The Morgan fingerprint density at radius 2 is 1.74 bits per heavy atom. The number of hydrazone groups is 1. The maximum atomic E-state index is 12.9. The summed E-state index contributed by atoms with van der Waals surface area (Å²) in [6, 6.07) is 16.9. The van der Waals surface area contributed by atoms with Crippen LogP contribution in [0.3, 0.4) is 0 Å². The van der Waals surface area contributed by atoms with Gasteiger partial charge in [-0.15, -0.1) is 0 Å². The molecular formula is C22H27Cl2N5O2. The number of ether oxygens (including phenoxy) is 1. The number of morpholine rings is 1. The highest BCUT2D eigenvalue weighted by molar-refractivity contribution is 6.30. The first kappa shape index (κ1) is 23.3. The van der Waals surface area contributed by atoms with Gasteiger partial charge in [0.2, 0.25) is 0 Å². The highest BCUT2D eigenvalue weighted by atomic mass is 35.5. The van der Waals surface area contributed by atoms with Gasteiger partial charge >= 0.3 is 0 Å². The van der Waals surface area contributed by atoms with E-state index in [4.69, 9.17) is 39.6 Å². The van der Waals surface area contributed by atoms with E-state index in [0.717, 1.165) is 17.1 Å². The van der Waals surface area contributed by atoms with Crippen molar-refractivity contribution in [2.75, 3.05) is 13.2 Å². The lowest BCUT2D eigenvalue weighted by Crippen LogP contribution is -2.52. The van der Waals surface area contributed by atoms with Crippen LogP contribution in [0.5, 0.6) is 0 Å². The number of carbonyl (C=O) groups excluding carboxylic acids is 1. The molecule has 0 radical (unpaired) electrons. The van der Waals surface area contributed by atoms with Crippen LogP contribution >= 0.6 is 23.2 Å². The van der Waals surface area contributed by atoms with Crippen molar-refractivity contribution < 1.29 is 9.53 Å². The average Bonchev–Trinajstić information content (AvgIpc) is 3.60. The monoisotopic (exact) mass is 463 g/mol. The van der Waals surface area contributed by atoms with E-state index in [0.29, 0.717) is 23.4 Å². The molecule has 2 unspecified atom stereocenters. The minimum Gasteiger partial charge on any atom is -0.365 e. The topological polar surface area (TPSA) is 106 Å². The highest BCUT2D eigenvalue weighted by Crippen LogP contribution is 2.36. The zero-order valence-electron chi connectivity index (χ0n) is 17.1. The summed E-state index contributed by atoms with van der Waals surface area (Å²) in [6.07, 6.45) is 1.95. The van der Waals surface area contributed by atoms with E-state index in [-0.39, 0.29) is 18.4 Å². The lowest BCUT2D eigenvalue weighted by molar-refractivity contribution is -0.159. The summed E-state index contributed by atoms with van der Waals surface area (Å²) >= 11 is 11.5. The van der Waals surface area contributed by atoms with Crippen molar-refractivity contribution in [3.05, 3.63) is 70.2 Å². The number of hydrogen-bond acceptors (Lipinski definition) is 5. The summed E-state index contributed by atoms with van der Waals surface area (Å²) < 4.78 is 5.80. The number of rotatable bonds is 5. The lowest BCUT2D eigenvalue weighted by Gasteiger charge is -2.39. The van der Waals surface area contributed by atoms with Gasteiger partial charge in [0, 0.05) is 23.0 Å². The molecule has 2 fully saturated rings. The standard InChI is InChI=1S/C16H22ClN5O2.C6H5Cl/c17-12-5-3-11(4-6-12)13-9-24-14(7-15(20-18)21-19)16(23)22(13)8-10-1-2-10;7-6-4-2-1-3-5-6/h3-6,10,13-14H,1-2,7-9,18-19H2,(H,20,21);1-5H. The maximum Gasteiger partial charge on any atom is 0.252 e. The molecule has 9 heteroatoms. The van der Waals surface area contributed by atoms with Gasteiger partial charge in [-0.05, 0) is 48.6 Å².